The smallest absolute Gasteiger partial charge is 0.135 e. The lowest BCUT2D eigenvalue weighted by molar-refractivity contribution is 0.960. The molecule has 0 aromatic carbocycles. The van der Waals surface area contributed by atoms with E-state index < -0.39 is 0 Å². The summed E-state index contributed by atoms with van der Waals surface area (Å²) in [5.41, 5.74) is 0.961. The third-order valence-corrected chi connectivity index (χ3v) is 2.06. The Morgan fingerprint density at radius 2 is 2.38 bits per heavy atom. The maximum atomic E-state index is 8.79. The van der Waals surface area contributed by atoms with Gasteiger partial charge in [0, 0.05) is 18.8 Å². The molecule has 2 atom stereocenters. The van der Waals surface area contributed by atoms with Crippen molar-refractivity contribution in [1.29, 1.82) is 5.26 Å². The van der Waals surface area contributed by atoms with Crippen LogP contribution < -0.4 is 4.67 Å². The maximum absolute atomic E-state index is 8.79. The molecule has 2 unspecified atom stereocenters. The first kappa shape index (κ1) is 9.95. The fourth-order valence-electron chi connectivity index (χ4n) is 1.11. The molecule has 0 radical (unpaired) electrons. The fourth-order valence-corrected chi connectivity index (χ4v) is 1.33. The predicted molar refractivity (Wildman–Crippen MR) is 56.4 cm³/mol. The molecule has 0 saturated heterocycles. The van der Waals surface area contributed by atoms with Gasteiger partial charge >= 0.3 is 0 Å². The highest BCUT2D eigenvalue weighted by molar-refractivity contribution is 7.19. The van der Waals surface area contributed by atoms with Crippen molar-refractivity contribution < 1.29 is 0 Å². The molecule has 1 aromatic heterocycles. The number of nitrogens with zero attached hydrogens (tertiary/aromatic N) is 3. The molecule has 68 valence electrons. The predicted octanol–water partition coefficient (Wildman–Crippen LogP) is 1.93. The Morgan fingerprint density at radius 1 is 1.69 bits per heavy atom. The molecule has 0 aliphatic rings. The van der Waals surface area contributed by atoms with E-state index in [2.05, 4.69) is 20.4 Å². The lowest BCUT2D eigenvalue weighted by Crippen LogP contribution is -2.07. The van der Waals surface area contributed by atoms with Crippen LogP contribution in [0, 0.1) is 11.3 Å². The van der Waals surface area contributed by atoms with Gasteiger partial charge < -0.3 is 4.67 Å². The molecule has 3 nitrogen and oxygen atoms in total. The van der Waals surface area contributed by atoms with Gasteiger partial charge in [-0.2, -0.15) is 5.26 Å². The van der Waals surface area contributed by atoms with Crippen molar-refractivity contribution in [2.45, 2.75) is 12.8 Å². The number of nitriles is 1. The minimum atomic E-state index is -0.119. The van der Waals surface area contributed by atoms with Crippen LogP contribution in [0.5, 0.6) is 0 Å². The number of anilines is 1. The Labute approximate surface area is 80.6 Å². The lowest BCUT2D eigenvalue weighted by Gasteiger charge is -2.16. The molecule has 1 aromatic rings. The van der Waals surface area contributed by atoms with Gasteiger partial charge in [-0.15, -0.1) is 0 Å². The fraction of sp³-hybridized carbons (Fsp3) is 0.333. The molecule has 1 heterocycles. The summed E-state index contributed by atoms with van der Waals surface area (Å²) in [5, 5.41) is 8.79. The molecule has 0 spiro atoms. The van der Waals surface area contributed by atoms with Gasteiger partial charge in [0.15, 0.2) is 0 Å². The van der Waals surface area contributed by atoms with Crippen LogP contribution in [0.3, 0.4) is 0 Å². The van der Waals surface area contributed by atoms with E-state index in [1.165, 1.54) is 0 Å². The standard InChI is InChI=1S/C9H12N3P/c1-7(6-10)8-4-3-5-11-9(8)12(2)13/h3-5,7H,13H2,1-2H3. The largest absolute Gasteiger partial charge is 0.344 e. The van der Waals surface area contributed by atoms with E-state index in [9.17, 15) is 0 Å². The van der Waals surface area contributed by atoms with Gasteiger partial charge in [0.1, 0.15) is 5.82 Å². The third-order valence-electron chi connectivity index (χ3n) is 1.81. The summed E-state index contributed by atoms with van der Waals surface area (Å²) >= 11 is 0. The summed E-state index contributed by atoms with van der Waals surface area (Å²) in [6, 6.07) is 5.98. The van der Waals surface area contributed by atoms with Crippen LogP contribution in [-0.4, -0.2) is 12.0 Å². The zero-order valence-corrected chi connectivity index (χ0v) is 8.88. The quantitative estimate of drug-likeness (QED) is 0.674. The highest BCUT2D eigenvalue weighted by Gasteiger charge is 2.11. The van der Waals surface area contributed by atoms with Gasteiger partial charge in [-0.3, -0.25) is 0 Å². The van der Waals surface area contributed by atoms with Crippen molar-refractivity contribution >= 4 is 15.2 Å². The van der Waals surface area contributed by atoms with Gasteiger partial charge in [0.05, 0.1) is 12.0 Å². The summed E-state index contributed by atoms with van der Waals surface area (Å²) in [7, 11) is 4.42. The van der Waals surface area contributed by atoms with Crippen molar-refractivity contribution in [2.24, 2.45) is 0 Å². The van der Waals surface area contributed by atoms with E-state index in [0.717, 1.165) is 11.4 Å². The minimum absolute atomic E-state index is 0.119. The molecule has 0 amide bonds. The number of aromatic nitrogens is 1. The van der Waals surface area contributed by atoms with Crippen molar-refractivity contribution in [3.63, 3.8) is 0 Å². The monoisotopic (exact) mass is 193 g/mol. The summed E-state index contributed by atoms with van der Waals surface area (Å²) in [5.74, 6) is 0.716. The molecular formula is C9H12N3P. The summed E-state index contributed by atoms with van der Waals surface area (Å²) < 4.78 is 1.84. The number of pyridine rings is 1. The Balaban J connectivity index is 3.13. The second-order valence-corrected chi connectivity index (χ2v) is 3.65. The van der Waals surface area contributed by atoms with Gasteiger partial charge in [-0.25, -0.2) is 4.98 Å². The van der Waals surface area contributed by atoms with Gasteiger partial charge in [-0.1, -0.05) is 6.07 Å². The van der Waals surface area contributed by atoms with Crippen molar-refractivity contribution in [3.8, 4) is 6.07 Å². The Bertz CT molecular complexity index is 330. The number of hydrogen-bond acceptors (Lipinski definition) is 3. The lowest BCUT2D eigenvalue weighted by atomic mass is 10.0. The first-order valence-electron chi connectivity index (χ1n) is 3.99. The Morgan fingerprint density at radius 3 is 2.92 bits per heavy atom. The molecule has 0 aliphatic carbocycles. The third kappa shape index (κ3) is 2.17. The van der Waals surface area contributed by atoms with E-state index in [1.807, 2.05) is 30.8 Å². The zero-order chi connectivity index (χ0) is 9.84. The van der Waals surface area contributed by atoms with Crippen molar-refractivity contribution in [3.05, 3.63) is 23.9 Å². The van der Waals surface area contributed by atoms with E-state index in [0.29, 0.717) is 0 Å². The first-order valence-corrected chi connectivity index (χ1v) is 4.51. The molecular weight excluding hydrogens is 181 g/mol. The summed E-state index contributed by atoms with van der Waals surface area (Å²) in [4.78, 5) is 4.20. The average molecular weight is 193 g/mol. The molecule has 0 N–H and O–H groups in total. The van der Waals surface area contributed by atoms with E-state index in [4.69, 9.17) is 5.26 Å². The Kier molecular flexibility index (Phi) is 3.22. The maximum Gasteiger partial charge on any atom is 0.135 e. The highest BCUT2D eigenvalue weighted by atomic mass is 31.0. The molecule has 1 rings (SSSR count). The molecule has 4 heteroatoms. The second-order valence-electron chi connectivity index (χ2n) is 2.88. The van der Waals surface area contributed by atoms with Crippen LogP contribution in [0.1, 0.15) is 18.4 Å². The normalized spacial score (nSPS) is 11.8. The molecule has 0 bridgehead atoms. The molecule has 0 fully saturated rings. The van der Waals surface area contributed by atoms with Crippen LogP contribution in [0.15, 0.2) is 18.3 Å². The number of hydrogen-bond donors (Lipinski definition) is 0. The molecule has 0 saturated carbocycles. The first-order chi connectivity index (χ1) is 6.16. The Hall–Kier alpha value is -1.13. The summed E-state index contributed by atoms with van der Waals surface area (Å²) in [6.07, 6.45) is 1.73. The highest BCUT2D eigenvalue weighted by Crippen LogP contribution is 2.25. The SMILES string of the molecule is CC(C#N)c1cccnc1N(C)P. The molecule has 13 heavy (non-hydrogen) atoms. The van der Waals surface area contributed by atoms with Crippen LogP contribution >= 0.6 is 9.39 Å². The van der Waals surface area contributed by atoms with Crippen molar-refractivity contribution in [2.75, 3.05) is 11.7 Å². The topological polar surface area (TPSA) is 39.9 Å². The second kappa shape index (κ2) is 4.20. The van der Waals surface area contributed by atoms with Gasteiger partial charge in [0.25, 0.3) is 0 Å². The minimum Gasteiger partial charge on any atom is -0.344 e. The van der Waals surface area contributed by atoms with E-state index >= 15 is 0 Å². The summed E-state index contributed by atoms with van der Waals surface area (Å²) in [6.45, 7) is 1.87. The van der Waals surface area contributed by atoms with Gasteiger partial charge in [0.2, 0.25) is 0 Å². The van der Waals surface area contributed by atoms with Crippen molar-refractivity contribution in [1.82, 2.24) is 4.98 Å². The van der Waals surface area contributed by atoms with Crippen LogP contribution in [-0.2, 0) is 0 Å². The van der Waals surface area contributed by atoms with Crippen LogP contribution in [0.25, 0.3) is 0 Å². The van der Waals surface area contributed by atoms with E-state index in [-0.39, 0.29) is 5.92 Å². The molecule has 0 aliphatic heterocycles. The number of rotatable bonds is 2. The van der Waals surface area contributed by atoms with Crippen LogP contribution in [0.4, 0.5) is 5.82 Å². The van der Waals surface area contributed by atoms with E-state index in [1.54, 1.807) is 6.20 Å². The van der Waals surface area contributed by atoms with Gasteiger partial charge in [-0.05, 0) is 22.4 Å². The average Bonchev–Trinajstić information content (AvgIpc) is 2.16. The van der Waals surface area contributed by atoms with Crippen LogP contribution in [0.2, 0.25) is 0 Å². The zero-order valence-electron chi connectivity index (χ0n) is 7.73.